The first-order valence-electron chi connectivity index (χ1n) is 8.83. The van der Waals surface area contributed by atoms with Crippen LogP contribution in [-0.4, -0.2) is 18.2 Å². The van der Waals surface area contributed by atoms with Crippen LogP contribution in [0.5, 0.6) is 0 Å². The van der Waals surface area contributed by atoms with E-state index in [1.165, 1.54) is 33.2 Å². The van der Waals surface area contributed by atoms with E-state index in [0.29, 0.717) is 19.6 Å². The number of hydrogen-bond donors (Lipinski definition) is 0. The van der Waals surface area contributed by atoms with Crippen molar-refractivity contribution in [3.63, 3.8) is 0 Å². The lowest BCUT2D eigenvalue weighted by Gasteiger charge is -2.24. The van der Waals surface area contributed by atoms with Crippen molar-refractivity contribution in [2.75, 3.05) is 6.61 Å². The molecule has 0 heterocycles. The normalized spacial score (nSPS) is 11.6. The molecule has 26 heavy (non-hydrogen) atoms. The third kappa shape index (κ3) is 4.12. The maximum absolute atomic E-state index is 11.4. The number of carbonyl (C=O) groups is 1. The molecule has 3 aromatic carbocycles. The summed E-state index contributed by atoms with van der Waals surface area (Å²) < 4.78 is 11.2. The zero-order valence-corrected chi connectivity index (χ0v) is 15.3. The molecule has 0 saturated carbocycles. The zero-order chi connectivity index (χ0) is 18.6. The molecule has 0 unspecified atom stereocenters. The summed E-state index contributed by atoms with van der Waals surface area (Å²) in [6.45, 7) is 8.22. The first-order chi connectivity index (χ1) is 12.5. The van der Waals surface area contributed by atoms with Gasteiger partial charge in [0, 0.05) is 12.5 Å². The van der Waals surface area contributed by atoms with Crippen molar-refractivity contribution in [2.45, 2.75) is 32.5 Å². The van der Waals surface area contributed by atoms with Crippen LogP contribution < -0.4 is 0 Å². The van der Waals surface area contributed by atoms with Crippen LogP contribution in [0.4, 0.5) is 0 Å². The Hall–Kier alpha value is -2.65. The van der Waals surface area contributed by atoms with Crippen molar-refractivity contribution in [1.29, 1.82) is 0 Å². The highest BCUT2D eigenvalue weighted by atomic mass is 16.6. The van der Waals surface area contributed by atoms with Crippen molar-refractivity contribution in [1.82, 2.24) is 0 Å². The molecule has 3 heteroatoms. The van der Waals surface area contributed by atoms with Gasteiger partial charge in [-0.1, -0.05) is 61.2 Å². The molecule has 0 aromatic heterocycles. The molecule has 0 aliphatic heterocycles. The second-order valence-electron chi connectivity index (χ2n) is 6.99. The number of esters is 1. The minimum atomic E-state index is -0.573. The highest BCUT2D eigenvalue weighted by molar-refractivity contribution is 6.09. The van der Waals surface area contributed by atoms with Crippen LogP contribution in [0.3, 0.4) is 0 Å². The van der Waals surface area contributed by atoms with Crippen LogP contribution in [0.25, 0.3) is 21.5 Å². The lowest BCUT2D eigenvalue weighted by molar-refractivity contribution is -0.151. The van der Waals surface area contributed by atoms with Crippen molar-refractivity contribution < 1.29 is 14.3 Å². The number of hydrogen-bond acceptors (Lipinski definition) is 3. The van der Waals surface area contributed by atoms with Crippen molar-refractivity contribution in [2.24, 2.45) is 0 Å². The van der Waals surface area contributed by atoms with E-state index in [1.807, 2.05) is 13.8 Å². The maximum atomic E-state index is 11.4. The van der Waals surface area contributed by atoms with Gasteiger partial charge in [-0.25, -0.2) is 4.79 Å². The molecule has 0 aliphatic rings. The highest BCUT2D eigenvalue weighted by Gasteiger charge is 2.21. The number of rotatable bonds is 7. The minimum absolute atomic E-state index is 0.407. The molecule has 0 amide bonds. The van der Waals surface area contributed by atoms with E-state index in [1.54, 1.807) is 0 Å². The smallest absolute Gasteiger partial charge is 0.330 e. The number of benzene rings is 3. The second kappa shape index (κ2) is 7.71. The number of carbonyl (C=O) groups excluding carboxylic acids is 1. The molecule has 0 fully saturated rings. The van der Waals surface area contributed by atoms with Gasteiger partial charge in [0.2, 0.25) is 0 Å². The minimum Gasteiger partial charge on any atom is -0.456 e. The average molecular weight is 348 g/mol. The lowest BCUT2D eigenvalue weighted by Crippen LogP contribution is -2.28. The van der Waals surface area contributed by atoms with Crippen molar-refractivity contribution in [3.05, 3.63) is 72.8 Å². The van der Waals surface area contributed by atoms with E-state index in [-0.39, 0.29) is 0 Å². The Balaban J connectivity index is 1.73. The second-order valence-corrected chi connectivity index (χ2v) is 6.99. The van der Waals surface area contributed by atoms with E-state index in [9.17, 15) is 4.79 Å². The van der Waals surface area contributed by atoms with Crippen LogP contribution in [0.1, 0.15) is 25.8 Å². The third-order valence-corrected chi connectivity index (χ3v) is 4.51. The quantitative estimate of drug-likeness (QED) is 0.248. The summed E-state index contributed by atoms with van der Waals surface area (Å²) >= 11 is 0. The standard InChI is InChI=1S/C23H24O3/c1-4-21(24)26-23(2,3)14-15-25-16-19-10-7-9-18-13-12-17-8-5-6-11-20(17)22(18)19/h4-13H,1,14-16H2,2-3H3. The molecule has 0 aliphatic carbocycles. The van der Waals surface area contributed by atoms with Gasteiger partial charge in [0.25, 0.3) is 0 Å². The highest BCUT2D eigenvalue weighted by Crippen LogP contribution is 2.29. The van der Waals surface area contributed by atoms with Gasteiger partial charge in [-0.05, 0) is 41.0 Å². The maximum Gasteiger partial charge on any atom is 0.330 e. The lowest BCUT2D eigenvalue weighted by atomic mass is 9.98. The molecule has 3 aromatic rings. The first kappa shape index (κ1) is 18.2. The van der Waals surface area contributed by atoms with E-state index >= 15 is 0 Å². The SMILES string of the molecule is C=CC(=O)OC(C)(C)CCOCc1cccc2ccc3ccccc3c12. The molecule has 0 N–H and O–H groups in total. The molecule has 0 radical (unpaired) electrons. The van der Waals surface area contributed by atoms with Gasteiger partial charge in [0.15, 0.2) is 0 Å². The topological polar surface area (TPSA) is 35.5 Å². The Labute approximate surface area is 154 Å². The Morgan fingerprint density at radius 3 is 2.58 bits per heavy atom. The Bertz CT molecular complexity index is 940. The summed E-state index contributed by atoms with van der Waals surface area (Å²) in [6, 6.07) is 19.0. The van der Waals surface area contributed by atoms with Gasteiger partial charge in [-0.2, -0.15) is 0 Å². The van der Waals surface area contributed by atoms with Gasteiger partial charge < -0.3 is 9.47 Å². The number of fused-ring (bicyclic) bond motifs is 3. The average Bonchev–Trinajstić information content (AvgIpc) is 2.64. The Kier molecular flexibility index (Phi) is 5.38. The fraction of sp³-hybridized carbons (Fsp3) is 0.261. The summed E-state index contributed by atoms with van der Waals surface area (Å²) in [6.07, 6.45) is 1.81. The van der Waals surface area contributed by atoms with E-state index in [2.05, 4.69) is 61.2 Å². The fourth-order valence-corrected chi connectivity index (χ4v) is 3.12. The summed E-state index contributed by atoms with van der Waals surface area (Å²) in [5, 5.41) is 4.92. The summed E-state index contributed by atoms with van der Waals surface area (Å²) in [5.74, 6) is -0.407. The molecule has 0 spiro atoms. The molecule has 134 valence electrons. The van der Waals surface area contributed by atoms with Gasteiger partial charge in [-0.3, -0.25) is 0 Å². The monoisotopic (exact) mass is 348 g/mol. The van der Waals surface area contributed by atoms with E-state index in [0.717, 1.165) is 0 Å². The molecular weight excluding hydrogens is 324 g/mol. The third-order valence-electron chi connectivity index (χ3n) is 4.51. The molecular formula is C23H24O3. The summed E-state index contributed by atoms with van der Waals surface area (Å²) in [4.78, 5) is 11.4. The van der Waals surface area contributed by atoms with Crippen LogP contribution in [-0.2, 0) is 20.9 Å². The van der Waals surface area contributed by atoms with Gasteiger partial charge >= 0.3 is 5.97 Å². The summed E-state index contributed by atoms with van der Waals surface area (Å²) in [5.41, 5.74) is 0.594. The van der Waals surface area contributed by atoms with Crippen molar-refractivity contribution in [3.8, 4) is 0 Å². The van der Waals surface area contributed by atoms with Crippen molar-refractivity contribution >= 4 is 27.5 Å². The van der Waals surface area contributed by atoms with Crippen LogP contribution in [0, 0.1) is 0 Å². The molecule has 0 bridgehead atoms. The zero-order valence-electron chi connectivity index (χ0n) is 15.3. The first-order valence-corrected chi connectivity index (χ1v) is 8.83. The van der Waals surface area contributed by atoms with Crippen LogP contribution in [0.15, 0.2) is 67.3 Å². The fourth-order valence-electron chi connectivity index (χ4n) is 3.12. The van der Waals surface area contributed by atoms with Crippen LogP contribution in [0.2, 0.25) is 0 Å². The number of ether oxygens (including phenoxy) is 2. The summed E-state index contributed by atoms with van der Waals surface area (Å²) in [7, 11) is 0. The van der Waals surface area contributed by atoms with Crippen LogP contribution >= 0.6 is 0 Å². The largest absolute Gasteiger partial charge is 0.456 e. The van der Waals surface area contributed by atoms with Gasteiger partial charge in [0.1, 0.15) is 5.60 Å². The van der Waals surface area contributed by atoms with E-state index < -0.39 is 11.6 Å². The van der Waals surface area contributed by atoms with E-state index in [4.69, 9.17) is 9.47 Å². The molecule has 3 rings (SSSR count). The molecule has 0 atom stereocenters. The Morgan fingerprint density at radius 1 is 1.04 bits per heavy atom. The Morgan fingerprint density at radius 2 is 1.77 bits per heavy atom. The molecule has 3 nitrogen and oxygen atoms in total. The van der Waals surface area contributed by atoms with Gasteiger partial charge in [-0.15, -0.1) is 0 Å². The van der Waals surface area contributed by atoms with Gasteiger partial charge in [0.05, 0.1) is 13.2 Å². The predicted molar refractivity (Wildman–Crippen MR) is 106 cm³/mol. The predicted octanol–water partition coefficient (Wildman–Crippen LogP) is 5.41. The molecule has 0 saturated heterocycles.